The van der Waals surface area contributed by atoms with Gasteiger partial charge in [0.25, 0.3) is 0 Å². The lowest BCUT2D eigenvalue weighted by atomic mass is 10.2. The molecule has 0 aromatic rings. The van der Waals surface area contributed by atoms with Crippen molar-refractivity contribution in [3.63, 3.8) is 0 Å². The van der Waals surface area contributed by atoms with Gasteiger partial charge in [-0.3, -0.25) is 9.59 Å². The Labute approximate surface area is 66.4 Å². The second-order valence-corrected chi connectivity index (χ2v) is 2.28. The first-order valence-electron chi connectivity index (χ1n) is 3.60. The summed E-state index contributed by atoms with van der Waals surface area (Å²) < 4.78 is 0. The lowest BCUT2D eigenvalue weighted by Gasteiger charge is -2.13. The van der Waals surface area contributed by atoms with Gasteiger partial charge < -0.3 is 10.6 Å². The number of nitrogens with one attached hydrogen (secondary N) is 2. The molecule has 0 saturated heterocycles. The Morgan fingerprint density at radius 3 is 2.27 bits per heavy atom. The third-order valence-corrected chi connectivity index (χ3v) is 1.35. The van der Waals surface area contributed by atoms with Crippen molar-refractivity contribution in [1.29, 1.82) is 0 Å². The summed E-state index contributed by atoms with van der Waals surface area (Å²) in [6.45, 7) is 3.24. The molecule has 0 saturated carbocycles. The summed E-state index contributed by atoms with van der Waals surface area (Å²) in [6, 6.07) is -0.391. The molecule has 0 aliphatic carbocycles. The summed E-state index contributed by atoms with van der Waals surface area (Å²) in [4.78, 5) is 21.5. The van der Waals surface area contributed by atoms with Crippen LogP contribution < -0.4 is 10.6 Å². The van der Waals surface area contributed by atoms with Gasteiger partial charge in [0.05, 0.1) is 0 Å². The number of hydrogen-bond donors (Lipinski definition) is 2. The molecule has 0 spiro atoms. The topological polar surface area (TPSA) is 58.2 Å². The summed E-state index contributed by atoms with van der Waals surface area (Å²) in [6.07, 6.45) is 0.610. The summed E-state index contributed by atoms with van der Waals surface area (Å²) in [5, 5.41) is 5.00. The van der Waals surface area contributed by atoms with E-state index >= 15 is 0 Å². The third kappa shape index (κ3) is 3.60. The fourth-order valence-electron chi connectivity index (χ4n) is 0.773. The van der Waals surface area contributed by atoms with Gasteiger partial charge in [-0.15, -0.1) is 0 Å². The molecule has 4 heteroatoms. The van der Waals surface area contributed by atoms with Gasteiger partial charge in [-0.1, -0.05) is 6.92 Å². The van der Waals surface area contributed by atoms with Crippen LogP contribution in [0.25, 0.3) is 0 Å². The van der Waals surface area contributed by atoms with Gasteiger partial charge in [-0.25, -0.2) is 0 Å². The molecule has 0 fully saturated rings. The maximum absolute atomic E-state index is 11.0. The van der Waals surface area contributed by atoms with Crippen LogP contribution in [-0.4, -0.2) is 24.9 Å². The Morgan fingerprint density at radius 2 is 2.00 bits per heavy atom. The molecule has 0 aliphatic rings. The van der Waals surface area contributed by atoms with Crippen LogP contribution in [0.4, 0.5) is 0 Å². The smallest absolute Gasteiger partial charge is 0.242 e. The lowest BCUT2D eigenvalue weighted by molar-refractivity contribution is -0.127. The van der Waals surface area contributed by atoms with E-state index in [1.165, 1.54) is 6.92 Å². The zero-order valence-electron chi connectivity index (χ0n) is 7.10. The van der Waals surface area contributed by atoms with Crippen LogP contribution in [-0.2, 0) is 9.59 Å². The van der Waals surface area contributed by atoms with E-state index in [1.807, 2.05) is 6.92 Å². The predicted molar refractivity (Wildman–Crippen MR) is 42.0 cm³/mol. The molecule has 1 atom stereocenters. The predicted octanol–water partition coefficient (Wildman–Crippen LogP) is -0.353. The van der Waals surface area contributed by atoms with Crippen molar-refractivity contribution >= 4 is 11.8 Å². The van der Waals surface area contributed by atoms with Gasteiger partial charge >= 0.3 is 0 Å². The molecule has 0 rings (SSSR count). The fraction of sp³-hybridized carbons (Fsp3) is 0.714. The highest BCUT2D eigenvalue weighted by Gasteiger charge is 2.14. The maximum atomic E-state index is 11.0. The van der Waals surface area contributed by atoms with Crippen LogP contribution in [0.1, 0.15) is 20.3 Å². The summed E-state index contributed by atoms with van der Waals surface area (Å²) in [5.41, 5.74) is 0. The van der Waals surface area contributed by atoms with Crippen molar-refractivity contribution < 1.29 is 9.59 Å². The van der Waals surface area contributed by atoms with E-state index in [1.54, 1.807) is 7.05 Å². The first-order valence-corrected chi connectivity index (χ1v) is 3.60. The quantitative estimate of drug-likeness (QED) is 0.589. The van der Waals surface area contributed by atoms with E-state index in [9.17, 15) is 9.59 Å². The van der Waals surface area contributed by atoms with Gasteiger partial charge in [0.1, 0.15) is 6.04 Å². The van der Waals surface area contributed by atoms with Crippen molar-refractivity contribution in [1.82, 2.24) is 10.6 Å². The van der Waals surface area contributed by atoms with Crippen LogP contribution >= 0.6 is 0 Å². The molecule has 2 amide bonds. The molecule has 0 radical (unpaired) electrons. The van der Waals surface area contributed by atoms with Crippen LogP contribution in [0.2, 0.25) is 0 Å². The Hall–Kier alpha value is -1.06. The third-order valence-electron chi connectivity index (χ3n) is 1.35. The second kappa shape index (κ2) is 4.71. The van der Waals surface area contributed by atoms with E-state index in [2.05, 4.69) is 10.6 Å². The number of amides is 2. The minimum atomic E-state index is -0.391. The summed E-state index contributed by atoms with van der Waals surface area (Å²) >= 11 is 0. The Balaban J connectivity index is 3.94. The zero-order chi connectivity index (χ0) is 8.85. The Bertz CT molecular complexity index is 157. The number of likely N-dealkylation sites (N-methyl/N-ethyl adjacent to an activating group) is 1. The maximum Gasteiger partial charge on any atom is 0.242 e. The number of hydrogen-bond acceptors (Lipinski definition) is 2. The minimum absolute atomic E-state index is 0.150. The van der Waals surface area contributed by atoms with Gasteiger partial charge in [0.2, 0.25) is 11.8 Å². The molecule has 64 valence electrons. The largest absolute Gasteiger partial charge is 0.357 e. The van der Waals surface area contributed by atoms with Gasteiger partial charge in [0, 0.05) is 14.0 Å². The number of rotatable bonds is 3. The second-order valence-electron chi connectivity index (χ2n) is 2.28. The molecule has 0 bridgehead atoms. The van der Waals surface area contributed by atoms with Crippen LogP contribution in [0.5, 0.6) is 0 Å². The molecule has 0 aliphatic heterocycles. The molecule has 0 aromatic heterocycles. The normalized spacial score (nSPS) is 11.9. The highest BCUT2D eigenvalue weighted by molar-refractivity contribution is 5.86. The molecular weight excluding hydrogens is 144 g/mol. The van der Waals surface area contributed by atoms with E-state index in [-0.39, 0.29) is 11.8 Å². The monoisotopic (exact) mass is 158 g/mol. The number of carbonyl (C=O) groups excluding carboxylic acids is 2. The Kier molecular flexibility index (Phi) is 4.26. The SMILES string of the molecule is CC[C@@H](NC(C)=O)C(=O)NC. The van der Waals surface area contributed by atoms with Crippen LogP contribution in [0, 0.1) is 0 Å². The van der Waals surface area contributed by atoms with Crippen molar-refractivity contribution in [3.8, 4) is 0 Å². The Morgan fingerprint density at radius 1 is 1.45 bits per heavy atom. The van der Waals surface area contributed by atoms with E-state index in [4.69, 9.17) is 0 Å². The van der Waals surface area contributed by atoms with Crippen LogP contribution in [0.15, 0.2) is 0 Å². The zero-order valence-corrected chi connectivity index (χ0v) is 7.10. The van der Waals surface area contributed by atoms with Crippen molar-refractivity contribution in [2.75, 3.05) is 7.05 Å². The fourth-order valence-corrected chi connectivity index (χ4v) is 0.773. The van der Waals surface area contributed by atoms with Gasteiger partial charge in [-0.2, -0.15) is 0 Å². The first kappa shape index (κ1) is 9.94. The van der Waals surface area contributed by atoms with Crippen LogP contribution in [0.3, 0.4) is 0 Å². The van der Waals surface area contributed by atoms with Crippen molar-refractivity contribution in [2.24, 2.45) is 0 Å². The lowest BCUT2D eigenvalue weighted by Crippen LogP contribution is -2.44. The highest BCUT2D eigenvalue weighted by Crippen LogP contribution is 1.89. The molecule has 11 heavy (non-hydrogen) atoms. The summed E-state index contributed by atoms with van der Waals surface area (Å²) in [7, 11) is 1.55. The minimum Gasteiger partial charge on any atom is -0.357 e. The average molecular weight is 158 g/mol. The molecule has 4 nitrogen and oxygen atoms in total. The van der Waals surface area contributed by atoms with E-state index in [0.29, 0.717) is 6.42 Å². The molecule has 0 heterocycles. The molecule has 2 N–H and O–H groups in total. The molecule has 0 unspecified atom stereocenters. The van der Waals surface area contributed by atoms with E-state index < -0.39 is 6.04 Å². The molecular formula is C7H14N2O2. The van der Waals surface area contributed by atoms with Crippen molar-refractivity contribution in [2.45, 2.75) is 26.3 Å². The van der Waals surface area contributed by atoms with Gasteiger partial charge in [0.15, 0.2) is 0 Å². The van der Waals surface area contributed by atoms with E-state index in [0.717, 1.165) is 0 Å². The highest BCUT2D eigenvalue weighted by atomic mass is 16.2. The first-order chi connectivity index (χ1) is 5.11. The molecule has 0 aromatic carbocycles. The number of carbonyl (C=O) groups is 2. The summed E-state index contributed by atoms with van der Waals surface area (Å²) in [5.74, 6) is -0.330. The average Bonchev–Trinajstić information content (AvgIpc) is 1.98. The standard InChI is InChI=1S/C7H14N2O2/c1-4-6(7(11)8-3)9-5(2)10/h6H,4H2,1-3H3,(H,8,11)(H,9,10)/t6-/m1/s1. The van der Waals surface area contributed by atoms with Gasteiger partial charge in [-0.05, 0) is 6.42 Å². The van der Waals surface area contributed by atoms with Crippen molar-refractivity contribution in [3.05, 3.63) is 0 Å².